The summed E-state index contributed by atoms with van der Waals surface area (Å²) in [6.07, 6.45) is -0.666. The van der Waals surface area contributed by atoms with Crippen LogP contribution in [0.15, 0.2) is 0 Å². The minimum atomic E-state index is -0.666. The highest BCUT2D eigenvalue weighted by Crippen LogP contribution is 1.89. The summed E-state index contributed by atoms with van der Waals surface area (Å²) in [5.41, 5.74) is 5.19. The molecule has 0 aliphatic carbocycles. The van der Waals surface area contributed by atoms with E-state index in [-0.39, 0.29) is 0 Å². The monoisotopic (exact) mass is 203 g/mol. The minimum absolute atomic E-state index is 0.296. The Balaban J connectivity index is 3.76. The Morgan fingerprint density at radius 2 is 2.14 bits per heavy atom. The molecule has 0 spiro atoms. The van der Waals surface area contributed by atoms with Crippen LogP contribution < -0.4 is 16.4 Å². The van der Waals surface area contributed by atoms with Crippen LogP contribution in [0.2, 0.25) is 0 Å². The molecule has 0 bridgehead atoms. The van der Waals surface area contributed by atoms with Crippen molar-refractivity contribution in [1.82, 2.24) is 10.6 Å². The highest BCUT2D eigenvalue weighted by Gasteiger charge is 2.14. The summed E-state index contributed by atoms with van der Waals surface area (Å²) < 4.78 is 5.01. The molecule has 6 heteroatoms. The molecular weight excluding hydrogens is 186 g/mol. The summed E-state index contributed by atoms with van der Waals surface area (Å²) in [6, 6.07) is -0.513. The van der Waals surface area contributed by atoms with Gasteiger partial charge in [0.05, 0.1) is 6.61 Å². The fraction of sp³-hybridized carbons (Fsp3) is 0.750. The maximum absolute atomic E-state index is 11.2. The predicted molar refractivity (Wildman–Crippen MR) is 51.7 cm³/mol. The standard InChI is InChI=1S/C8H17N3O3/c1-3-10-8(13)11-7(12)6(2)14-5-4-9/h6H,3-5,9H2,1-2H3,(H2,10,11,12,13). The largest absolute Gasteiger partial charge is 0.367 e. The molecule has 3 amide bonds. The van der Waals surface area contributed by atoms with Gasteiger partial charge in [-0.05, 0) is 13.8 Å². The van der Waals surface area contributed by atoms with Crippen molar-refractivity contribution in [2.45, 2.75) is 20.0 Å². The van der Waals surface area contributed by atoms with Gasteiger partial charge in [-0.3, -0.25) is 10.1 Å². The number of imide groups is 1. The van der Waals surface area contributed by atoms with E-state index < -0.39 is 18.0 Å². The van der Waals surface area contributed by atoms with Gasteiger partial charge < -0.3 is 15.8 Å². The zero-order valence-corrected chi connectivity index (χ0v) is 8.50. The number of ether oxygens (including phenoxy) is 1. The van der Waals surface area contributed by atoms with Gasteiger partial charge in [0.2, 0.25) is 0 Å². The smallest absolute Gasteiger partial charge is 0.321 e. The summed E-state index contributed by atoms with van der Waals surface area (Å²) in [5, 5.41) is 4.57. The van der Waals surface area contributed by atoms with Gasteiger partial charge in [0.25, 0.3) is 5.91 Å². The Kier molecular flexibility index (Phi) is 6.69. The molecule has 0 saturated heterocycles. The zero-order valence-electron chi connectivity index (χ0n) is 8.50. The van der Waals surface area contributed by atoms with E-state index in [4.69, 9.17) is 10.5 Å². The molecule has 1 atom stereocenters. The Morgan fingerprint density at radius 1 is 1.50 bits per heavy atom. The van der Waals surface area contributed by atoms with Gasteiger partial charge in [0.1, 0.15) is 6.10 Å². The predicted octanol–water partition coefficient (Wildman–Crippen LogP) is -0.804. The van der Waals surface area contributed by atoms with Gasteiger partial charge in [0, 0.05) is 13.1 Å². The number of nitrogens with one attached hydrogen (secondary N) is 2. The third-order valence-corrected chi connectivity index (χ3v) is 1.43. The topological polar surface area (TPSA) is 93.5 Å². The Morgan fingerprint density at radius 3 is 2.64 bits per heavy atom. The molecule has 82 valence electrons. The van der Waals surface area contributed by atoms with Crippen LogP contribution in [0.25, 0.3) is 0 Å². The molecule has 0 aliphatic heterocycles. The maximum Gasteiger partial charge on any atom is 0.321 e. The van der Waals surface area contributed by atoms with Crippen LogP contribution >= 0.6 is 0 Å². The number of carbonyl (C=O) groups excluding carboxylic acids is 2. The van der Waals surface area contributed by atoms with Crippen molar-refractivity contribution in [2.24, 2.45) is 5.73 Å². The number of carbonyl (C=O) groups is 2. The summed E-state index contributed by atoms with van der Waals surface area (Å²) in [5.74, 6) is -0.468. The fourth-order valence-corrected chi connectivity index (χ4v) is 0.739. The van der Waals surface area contributed by atoms with Crippen molar-refractivity contribution < 1.29 is 14.3 Å². The number of rotatable bonds is 5. The Hall–Kier alpha value is -1.14. The molecule has 0 fully saturated rings. The molecule has 0 aromatic rings. The highest BCUT2D eigenvalue weighted by molar-refractivity contribution is 5.96. The molecule has 0 aliphatic rings. The summed E-state index contributed by atoms with van der Waals surface area (Å²) in [6.45, 7) is 4.43. The van der Waals surface area contributed by atoms with Gasteiger partial charge in [0.15, 0.2) is 0 Å². The Labute approximate surface area is 83.2 Å². The van der Waals surface area contributed by atoms with E-state index in [0.29, 0.717) is 19.7 Å². The van der Waals surface area contributed by atoms with Crippen LogP contribution in [0.4, 0.5) is 4.79 Å². The molecule has 0 saturated carbocycles. The first-order chi connectivity index (χ1) is 6.61. The average molecular weight is 203 g/mol. The quantitative estimate of drug-likeness (QED) is 0.545. The number of hydrogen-bond acceptors (Lipinski definition) is 4. The molecule has 14 heavy (non-hydrogen) atoms. The van der Waals surface area contributed by atoms with E-state index in [1.165, 1.54) is 0 Å². The highest BCUT2D eigenvalue weighted by atomic mass is 16.5. The first-order valence-electron chi connectivity index (χ1n) is 4.52. The van der Waals surface area contributed by atoms with Crippen molar-refractivity contribution in [2.75, 3.05) is 19.7 Å². The van der Waals surface area contributed by atoms with Crippen LogP contribution in [-0.2, 0) is 9.53 Å². The van der Waals surface area contributed by atoms with Crippen LogP contribution in [-0.4, -0.2) is 37.7 Å². The molecule has 0 radical (unpaired) electrons. The lowest BCUT2D eigenvalue weighted by Crippen LogP contribution is -2.44. The van der Waals surface area contributed by atoms with E-state index in [2.05, 4.69) is 10.6 Å². The van der Waals surface area contributed by atoms with E-state index in [9.17, 15) is 9.59 Å². The van der Waals surface area contributed by atoms with Crippen molar-refractivity contribution >= 4 is 11.9 Å². The molecule has 0 heterocycles. The summed E-state index contributed by atoms with van der Waals surface area (Å²) in [4.78, 5) is 22.1. The van der Waals surface area contributed by atoms with Crippen LogP contribution in [0.5, 0.6) is 0 Å². The molecule has 0 aromatic carbocycles. The SMILES string of the molecule is CCNC(=O)NC(=O)C(C)OCCN. The number of hydrogen-bond donors (Lipinski definition) is 3. The second kappa shape index (κ2) is 7.28. The van der Waals surface area contributed by atoms with E-state index in [0.717, 1.165) is 0 Å². The van der Waals surface area contributed by atoms with Crippen LogP contribution in [0, 0.1) is 0 Å². The van der Waals surface area contributed by atoms with Crippen LogP contribution in [0.1, 0.15) is 13.8 Å². The van der Waals surface area contributed by atoms with E-state index in [1.807, 2.05) is 0 Å². The second-order valence-corrected chi connectivity index (χ2v) is 2.65. The second-order valence-electron chi connectivity index (χ2n) is 2.65. The average Bonchev–Trinajstić information content (AvgIpc) is 2.14. The third kappa shape index (κ3) is 5.50. The van der Waals surface area contributed by atoms with E-state index in [1.54, 1.807) is 13.8 Å². The minimum Gasteiger partial charge on any atom is -0.367 e. The Bertz CT molecular complexity index is 196. The number of amides is 3. The molecule has 4 N–H and O–H groups in total. The van der Waals surface area contributed by atoms with Gasteiger partial charge >= 0.3 is 6.03 Å². The lowest BCUT2D eigenvalue weighted by Gasteiger charge is -2.11. The van der Waals surface area contributed by atoms with Crippen LogP contribution in [0.3, 0.4) is 0 Å². The maximum atomic E-state index is 11.2. The van der Waals surface area contributed by atoms with Gasteiger partial charge in [-0.25, -0.2) is 4.79 Å². The molecule has 0 aromatic heterocycles. The summed E-state index contributed by atoms with van der Waals surface area (Å²) >= 11 is 0. The molecule has 1 unspecified atom stereocenters. The lowest BCUT2D eigenvalue weighted by molar-refractivity contribution is -0.130. The summed E-state index contributed by atoms with van der Waals surface area (Å²) in [7, 11) is 0. The first-order valence-corrected chi connectivity index (χ1v) is 4.52. The molecular formula is C8H17N3O3. The number of nitrogens with two attached hydrogens (primary N) is 1. The zero-order chi connectivity index (χ0) is 11.0. The normalized spacial score (nSPS) is 11.9. The van der Waals surface area contributed by atoms with Crippen molar-refractivity contribution in [3.63, 3.8) is 0 Å². The fourth-order valence-electron chi connectivity index (χ4n) is 0.739. The van der Waals surface area contributed by atoms with Gasteiger partial charge in [-0.1, -0.05) is 0 Å². The third-order valence-electron chi connectivity index (χ3n) is 1.43. The first kappa shape index (κ1) is 12.9. The van der Waals surface area contributed by atoms with Gasteiger partial charge in [-0.2, -0.15) is 0 Å². The number of urea groups is 1. The van der Waals surface area contributed by atoms with Gasteiger partial charge in [-0.15, -0.1) is 0 Å². The lowest BCUT2D eigenvalue weighted by atomic mass is 10.4. The van der Waals surface area contributed by atoms with Crippen molar-refractivity contribution in [3.8, 4) is 0 Å². The molecule has 0 rings (SSSR count). The van der Waals surface area contributed by atoms with Crippen molar-refractivity contribution in [1.29, 1.82) is 0 Å². The van der Waals surface area contributed by atoms with E-state index >= 15 is 0 Å². The molecule has 6 nitrogen and oxygen atoms in total. The van der Waals surface area contributed by atoms with Crippen molar-refractivity contribution in [3.05, 3.63) is 0 Å².